The third-order valence-corrected chi connectivity index (χ3v) is 3.17. The van der Waals surface area contributed by atoms with Crippen molar-refractivity contribution in [2.45, 2.75) is 25.9 Å². The van der Waals surface area contributed by atoms with Crippen molar-refractivity contribution in [2.24, 2.45) is 0 Å². The molecule has 1 atom stereocenters. The molecule has 0 bridgehead atoms. The number of rotatable bonds is 5. The van der Waals surface area contributed by atoms with Gasteiger partial charge in [0.1, 0.15) is 11.9 Å². The number of hydrogen-bond acceptors (Lipinski definition) is 5. The molecule has 1 heterocycles. The average Bonchev–Trinajstić information content (AvgIpc) is 2.46. The SMILES string of the molecule is CCC[C@@H](O)c1cc2cc(OC)c(OC)cc2c(=O)o1. The Balaban J connectivity index is 2.62. The minimum absolute atomic E-state index is 0.275. The maximum Gasteiger partial charge on any atom is 0.344 e. The van der Waals surface area contributed by atoms with E-state index in [1.54, 1.807) is 18.2 Å². The smallest absolute Gasteiger partial charge is 0.344 e. The molecule has 0 spiro atoms. The molecule has 0 fully saturated rings. The van der Waals surface area contributed by atoms with Crippen LogP contribution in [0.25, 0.3) is 10.8 Å². The van der Waals surface area contributed by atoms with Crippen LogP contribution in [0, 0.1) is 0 Å². The Kier molecular flexibility index (Phi) is 4.29. The van der Waals surface area contributed by atoms with E-state index in [4.69, 9.17) is 13.9 Å². The van der Waals surface area contributed by atoms with Gasteiger partial charge in [-0.05, 0) is 30.0 Å². The van der Waals surface area contributed by atoms with Crippen LogP contribution in [0.15, 0.2) is 27.4 Å². The van der Waals surface area contributed by atoms with Gasteiger partial charge in [0.15, 0.2) is 11.5 Å². The number of aliphatic hydroxyl groups is 1. The highest BCUT2D eigenvalue weighted by Crippen LogP contribution is 2.32. The Labute approximate surface area is 116 Å². The molecule has 2 rings (SSSR count). The largest absolute Gasteiger partial charge is 0.493 e. The minimum atomic E-state index is -0.773. The highest BCUT2D eigenvalue weighted by Gasteiger charge is 2.15. The molecule has 0 amide bonds. The maximum atomic E-state index is 12.0. The molecular formula is C15H18O5. The Hall–Kier alpha value is -2.01. The normalized spacial score (nSPS) is 12.4. The van der Waals surface area contributed by atoms with Crippen LogP contribution < -0.4 is 15.1 Å². The molecule has 2 aromatic rings. The molecule has 1 N–H and O–H groups in total. The number of hydrogen-bond donors (Lipinski definition) is 1. The van der Waals surface area contributed by atoms with Crippen LogP contribution >= 0.6 is 0 Å². The molecule has 1 aromatic heterocycles. The predicted molar refractivity (Wildman–Crippen MR) is 75.5 cm³/mol. The summed E-state index contributed by atoms with van der Waals surface area (Å²) in [5, 5.41) is 11.0. The maximum absolute atomic E-state index is 12.0. The van der Waals surface area contributed by atoms with Crippen molar-refractivity contribution >= 4 is 10.8 Å². The van der Waals surface area contributed by atoms with Gasteiger partial charge in [-0.3, -0.25) is 0 Å². The van der Waals surface area contributed by atoms with E-state index in [-0.39, 0.29) is 5.76 Å². The molecule has 5 nitrogen and oxygen atoms in total. The number of ether oxygens (including phenoxy) is 2. The molecule has 0 radical (unpaired) electrons. The molecule has 0 aliphatic rings. The molecule has 0 aliphatic carbocycles. The minimum Gasteiger partial charge on any atom is -0.493 e. The first-order valence-electron chi connectivity index (χ1n) is 6.48. The standard InChI is InChI=1S/C15H18O5/c1-4-5-11(16)12-6-9-7-13(18-2)14(19-3)8-10(9)15(17)20-12/h6-8,11,16H,4-5H2,1-3H3/t11-/m1/s1. The Morgan fingerprint density at radius 3 is 2.45 bits per heavy atom. The summed E-state index contributed by atoms with van der Waals surface area (Å²) < 4.78 is 15.5. The Morgan fingerprint density at radius 2 is 1.85 bits per heavy atom. The Morgan fingerprint density at radius 1 is 1.20 bits per heavy atom. The van der Waals surface area contributed by atoms with Crippen molar-refractivity contribution in [3.63, 3.8) is 0 Å². The average molecular weight is 278 g/mol. The van der Waals surface area contributed by atoms with Gasteiger partial charge in [0.2, 0.25) is 0 Å². The lowest BCUT2D eigenvalue weighted by molar-refractivity contribution is 0.135. The van der Waals surface area contributed by atoms with Gasteiger partial charge in [0.05, 0.1) is 19.6 Å². The summed E-state index contributed by atoms with van der Waals surface area (Å²) in [6, 6.07) is 4.95. The van der Waals surface area contributed by atoms with Crippen LogP contribution in [0.5, 0.6) is 11.5 Å². The predicted octanol–water partition coefficient (Wildman–Crippen LogP) is 2.64. The molecule has 0 saturated carbocycles. The monoisotopic (exact) mass is 278 g/mol. The van der Waals surface area contributed by atoms with E-state index in [0.717, 1.165) is 6.42 Å². The lowest BCUT2D eigenvalue weighted by Gasteiger charge is -2.11. The molecule has 20 heavy (non-hydrogen) atoms. The third kappa shape index (κ3) is 2.63. The van der Waals surface area contributed by atoms with Gasteiger partial charge in [0, 0.05) is 0 Å². The van der Waals surface area contributed by atoms with Crippen molar-refractivity contribution in [3.05, 3.63) is 34.4 Å². The molecule has 0 aliphatic heterocycles. The van der Waals surface area contributed by atoms with Crippen LogP contribution in [0.2, 0.25) is 0 Å². The van der Waals surface area contributed by atoms with Crippen LogP contribution in [-0.4, -0.2) is 19.3 Å². The lowest BCUT2D eigenvalue weighted by atomic mass is 10.1. The highest BCUT2D eigenvalue weighted by atomic mass is 16.5. The molecule has 108 valence electrons. The van der Waals surface area contributed by atoms with Crippen molar-refractivity contribution in [1.29, 1.82) is 0 Å². The first-order chi connectivity index (χ1) is 9.60. The summed E-state index contributed by atoms with van der Waals surface area (Å²) in [5.74, 6) is 1.27. The van der Waals surface area contributed by atoms with E-state index in [2.05, 4.69) is 0 Å². The first-order valence-corrected chi connectivity index (χ1v) is 6.48. The fraction of sp³-hybridized carbons (Fsp3) is 0.400. The van der Waals surface area contributed by atoms with E-state index < -0.39 is 11.7 Å². The summed E-state index contributed by atoms with van der Waals surface area (Å²) >= 11 is 0. The van der Waals surface area contributed by atoms with Gasteiger partial charge in [-0.25, -0.2) is 4.79 Å². The van der Waals surface area contributed by atoms with Crippen molar-refractivity contribution in [1.82, 2.24) is 0 Å². The Bertz CT molecular complexity index is 659. The fourth-order valence-corrected chi connectivity index (χ4v) is 2.12. The van der Waals surface area contributed by atoms with Crippen LogP contribution in [-0.2, 0) is 0 Å². The van der Waals surface area contributed by atoms with Gasteiger partial charge in [-0.2, -0.15) is 0 Å². The van der Waals surface area contributed by atoms with Crippen LogP contribution in [0.3, 0.4) is 0 Å². The summed E-state index contributed by atoms with van der Waals surface area (Å²) in [4.78, 5) is 12.0. The van der Waals surface area contributed by atoms with E-state index in [9.17, 15) is 9.90 Å². The summed E-state index contributed by atoms with van der Waals surface area (Å²) in [6.45, 7) is 1.95. The third-order valence-electron chi connectivity index (χ3n) is 3.17. The van der Waals surface area contributed by atoms with E-state index in [1.807, 2.05) is 6.92 Å². The number of fused-ring (bicyclic) bond motifs is 1. The molecule has 1 aromatic carbocycles. The van der Waals surface area contributed by atoms with Gasteiger partial charge < -0.3 is 19.0 Å². The number of benzene rings is 1. The summed E-state index contributed by atoms with van der Waals surface area (Å²) in [7, 11) is 3.03. The highest BCUT2D eigenvalue weighted by molar-refractivity contribution is 5.85. The second-order valence-corrected chi connectivity index (χ2v) is 4.54. The van der Waals surface area contributed by atoms with Crippen molar-refractivity contribution < 1.29 is 19.0 Å². The van der Waals surface area contributed by atoms with Crippen LogP contribution in [0.1, 0.15) is 31.6 Å². The molecule has 5 heteroatoms. The molecule has 0 saturated heterocycles. The lowest BCUT2D eigenvalue weighted by Crippen LogP contribution is -2.06. The second kappa shape index (κ2) is 5.96. The summed E-state index contributed by atoms with van der Waals surface area (Å²) in [5.41, 5.74) is -0.492. The molecule has 0 unspecified atom stereocenters. The summed E-state index contributed by atoms with van der Waals surface area (Å²) in [6.07, 6.45) is 0.571. The topological polar surface area (TPSA) is 68.9 Å². The number of methoxy groups -OCH3 is 2. The second-order valence-electron chi connectivity index (χ2n) is 4.54. The van der Waals surface area contributed by atoms with Gasteiger partial charge in [-0.1, -0.05) is 13.3 Å². The zero-order valence-electron chi connectivity index (χ0n) is 11.8. The van der Waals surface area contributed by atoms with Crippen molar-refractivity contribution in [2.75, 3.05) is 14.2 Å². The fourth-order valence-electron chi connectivity index (χ4n) is 2.12. The molecular weight excluding hydrogens is 260 g/mol. The quantitative estimate of drug-likeness (QED) is 0.910. The van der Waals surface area contributed by atoms with Gasteiger partial charge in [0.25, 0.3) is 0 Å². The van der Waals surface area contributed by atoms with E-state index >= 15 is 0 Å². The van der Waals surface area contributed by atoms with Crippen molar-refractivity contribution in [3.8, 4) is 11.5 Å². The number of aliphatic hydroxyl groups excluding tert-OH is 1. The zero-order chi connectivity index (χ0) is 14.7. The van der Waals surface area contributed by atoms with Gasteiger partial charge >= 0.3 is 5.63 Å². The van der Waals surface area contributed by atoms with Gasteiger partial charge in [-0.15, -0.1) is 0 Å². The first kappa shape index (κ1) is 14.4. The van der Waals surface area contributed by atoms with E-state index in [0.29, 0.717) is 28.7 Å². The zero-order valence-corrected chi connectivity index (χ0v) is 11.8. The van der Waals surface area contributed by atoms with Crippen LogP contribution in [0.4, 0.5) is 0 Å². The van der Waals surface area contributed by atoms with E-state index in [1.165, 1.54) is 14.2 Å².